The Bertz CT molecular complexity index is 1410. The number of nitrogens with zero attached hydrogens (tertiary/aromatic N) is 4. The lowest BCUT2D eigenvalue weighted by Crippen LogP contribution is -2.45. The van der Waals surface area contributed by atoms with Gasteiger partial charge >= 0.3 is 5.97 Å². The summed E-state index contributed by atoms with van der Waals surface area (Å²) in [7, 11) is 0. The zero-order chi connectivity index (χ0) is 26.6. The molecule has 192 valence electrons. The molecule has 1 unspecified atom stereocenters. The number of nitrogen functional groups attached to an aromatic ring is 1. The van der Waals surface area contributed by atoms with Crippen molar-refractivity contribution in [2.45, 2.75) is 50.8 Å². The van der Waals surface area contributed by atoms with Gasteiger partial charge in [-0.25, -0.2) is 15.0 Å². The predicted molar refractivity (Wildman–Crippen MR) is 136 cm³/mol. The molecule has 0 saturated heterocycles. The number of imidazole rings is 1. The van der Waals surface area contributed by atoms with Gasteiger partial charge in [-0.2, -0.15) is 0 Å². The Morgan fingerprint density at radius 2 is 2.11 bits per heavy atom. The molecule has 11 nitrogen and oxygen atoms in total. The van der Waals surface area contributed by atoms with Crippen molar-refractivity contribution in [1.82, 2.24) is 24.8 Å². The first-order valence-electron chi connectivity index (χ1n) is 11.4. The van der Waals surface area contributed by atoms with Crippen molar-refractivity contribution in [2.24, 2.45) is 0 Å². The van der Waals surface area contributed by atoms with Gasteiger partial charge < -0.3 is 29.8 Å². The number of hydrogen-bond acceptors (Lipinski definition) is 10. The molecule has 1 aliphatic heterocycles. The van der Waals surface area contributed by atoms with Crippen LogP contribution in [0.25, 0.3) is 11.2 Å². The monoisotopic (exact) mass is 522 g/mol. The number of rotatable bonds is 9. The Kier molecular flexibility index (Phi) is 7.54. The van der Waals surface area contributed by atoms with Crippen LogP contribution in [0.5, 0.6) is 0 Å². The smallest absolute Gasteiger partial charge is 0.303 e. The molecule has 3 aromatic rings. The van der Waals surface area contributed by atoms with Gasteiger partial charge in [0.25, 0.3) is 12.2 Å². The van der Waals surface area contributed by atoms with Crippen LogP contribution in [0.1, 0.15) is 44.6 Å². The van der Waals surface area contributed by atoms with Crippen molar-refractivity contribution in [2.75, 3.05) is 12.3 Å². The standard InChI is InChI=1S/C25H26N6O5S/c1-5-16-9-6-7-10-17(16)22-34-13-18(35-22)37-24-30-19-20(26)28-14-29-21(19)31(24)12-8-11-27-23(33)25(3,4)36-15(2)32/h1,6-7,9-10,13-14,22H,8,11-12H2,2-4H3,(H,27,33)(H2,26,28,29). The summed E-state index contributed by atoms with van der Waals surface area (Å²) in [6, 6.07) is 7.38. The van der Waals surface area contributed by atoms with Crippen molar-refractivity contribution in [3.8, 4) is 12.3 Å². The van der Waals surface area contributed by atoms with Crippen LogP contribution >= 0.6 is 11.8 Å². The minimum atomic E-state index is -1.27. The molecule has 0 fully saturated rings. The molecule has 12 heteroatoms. The molecule has 3 heterocycles. The summed E-state index contributed by atoms with van der Waals surface area (Å²) < 4.78 is 18.7. The number of anilines is 1. The highest BCUT2D eigenvalue weighted by Gasteiger charge is 2.31. The lowest BCUT2D eigenvalue weighted by Gasteiger charge is -2.23. The van der Waals surface area contributed by atoms with Gasteiger partial charge in [-0.3, -0.25) is 9.59 Å². The van der Waals surface area contributed by atoms with Crippen LogP contribution in [0.3, 0.4) is 0 Å². The summed E-state index contributed by atoms with van der Waals surface area (Å²) in [4.78, 5) is 36.6. The number of hydrogen-bond donors (Lipinski definition) is 2. The molecule has 4 rings (SSSR count). The van der Waals surface area contributed by atoms with Crippen molar-refractivity contribution in [1.29, 1.82) is 0 Å². The first-order chi connectivity index (χ1) is 17.7. The van der Waals surface area contributed by atoms with E-state index in [4.69, 9.17) is 26.4 Å². The summed E-state index contributed by atoms with van der Waals surface area (Å²) in [5.41, 5.74) is 7.20. The molecular formula is C25H26N6O5S. The zero-order valence-corrected chi connectivity index (χ0v) is 21.4. The van der Waals surface area contributed by atoms with Crippen LogP contribution in [0, 0.1) is 12.3 Å². The number of carbonyl (C=O) groups excluding carboxylic acids is 2. The highest BCUT2D eigenvalue weighted by Crippen LogP contribution is 2.39. The van der Waals surface area contributed by atoms with Crippen LogP contribution in [0.2, 0.25) is 0 Å². The third-order valence-corrected chi connectivity index (χ3v) is 6.28. The lowest BCUT2D eigenvalue weighted by molar-refractivity contribution is -0.162. The molecule has 2 aromatic heterocycles. The largest absolute Gasteiger partial charge is 0.454 e. The SMILES string of the molecule is C#Cc1ccccc1C1OC=C(Sc2nc3c(N)ncnc3n2CCCNC(=O)C(C)(C)OC(C)=O)O1. The van der Waals surface area contributed by atoms with Crippen LogP contribution in [-0.2, 0) is 30.3 Å². The molecular weight excluding hydrogens is 496 g/mol. The molecule has 3 N–H and O–H groups in total. The van der Waals surface area contributed by atoms with E-state index in [2.05, 4.69) is 26.2 Å². The normalized spacial score (nSPS) is 14.9. The van der Waals surface area contributed by atoms with Crippen molar-refractivity contribution in [3.63, 3.8) is 0 Å². The van der Waals surface area contributed by atoms with E-state index in [1.807, 2.05) is 28.8 Å². The molecule has 0 saturated carbocycles. The maximum absolute atomic E-state index is 12.4. The van der Waals surface area contributed by atoms with Gasteiger partial charge in [0, 0.05) is 31.1 Å². The molecule has 37 heavy (non-hydrogen) atoms. The van der Waals surface area contributed by atoms with E-state index < -0.39 is 17.9 Å². The number of thioether (sulfide) groups is 1. The fourth-order valence-corrected chi connectivity index (χ4v) is 4.50. The zero-order valence-electron chi connectivity index (χ0n) is 20.6. The maximum atomic E-state index is 12.4. The number of esters is 1. The Balaban J connectivity index is 1.46. The van der Waals surface area contributed by atoms with Crippen LogP contribution in [0.4, 0.5) is 5.82 Å². The number of nitrogens with one attached hydrogen (secondary N) is 1. The number of aromatic nitrogens is 4. The number of carbonyl (C=O) groups is 2. The number of aryl methyl sites for hydroxylation is 1. The first-order valence-corrected chi connectivity index (χ1v) is 12.2. The Morgan fingerprint density at radius 3 is 2.86 bits per heavy atom. The van der Waals surface area contributed by atoms with E-state index >= 15 is 0 Å². The van der Waals surface area contributed by atoms with E-state index in [1.165, 1.54) is 45.1 Å². The minimum absolute atomic E-state index is 0.250. The topological polar surface area (TPSA) is 143 Å². The maximum Gasteiger partial charge on any atom is 0.303 e. The number of benzene rings is 1. The van der Waals surface area contributed by atoms with Gasteiger partial charge in [0.1, 0.15) is 12.6 Å². The molecule has 0 aliphatic carbocycles. The Labute approximate surface area is 217 Å². The van der Waals surface area contributed by atoms with E-state index in [1.54, 1.807) is 0 Å². The second-order valence-electron chi connectivity index (χ2n) is 8.55. The third-order valence-electron chi connectivity index (χ3n) is 5.39. The number of terminal acetylenes is 1. The lowest BCUT2D eigenvalue weighted by atomic mass is 10.1. The summed E-state index contributed by atoms with van der Waals surface area (Å²) >= 11 is 1.25. The highest BCUT2D eigenvalue weighted by molar-refractivity contribution is 8.02. The molecule has 1 aromatic carbocycles. The van der Waals surface area contributed by atoms with Crippen LogP contribution in [0.15, 0.2) is 47.1 Å². The second kappa shape index (κ2) is 10.8. The summed E-state index contributed by atoms with van der Waals surface area (Å²) in [6.07, 6.45) is 8.36. The van der Waals surface area contributed by atoms with Gasteiger partial charge in [0.15, 0.2) is 27.7 Å². The molecule has 0 bridgehead atoms. The second-order valence-corrected chi connectivity index (χ2v) is 9.52. The number of nitrogens with two attached hydrogens (primary N) is 1. The van der Waals surface area contributed by atoms with Crippen LogP contribution in [-0.4, -0.2) is 43.5 Å². The third kappa shape index (κ3) is 5.78. The fourth-order valence-electron chi connectivity index (χ4n) is 3.66. The predicted octanol–water partition coefficient (Wildman–Crippen LogP) is 2.87. The van der Waals surface area contributed by atoms with Gasteiger partial charge in [-0.1, -0.05) is 24.1 Å². The van der Waals surface area contributed by atoms with Gasteiger partial charge in [-0.05, 0) is 38.1 Å². The van der Waals surface area contributed by atoms with Gasteiger partial charge in [-0.15, -0.1) is 6.42 Å². The van der Waals surface area contributed by atoms with Gasteiger partial charge in [0.05, 0.1) is 0 Å². The molecule has 1 aliphatic rings. The highest BCUT2D eigenvalue weighted by atomic mass is 32.2. The first kappa shape index (κ1) is 25.8. The molecule has 1 atom stereocenters. The Morgan fingerprint density at radius 1 is 1.32 bits per heavy atom. The minimum Gasteiger partial charge on any atom is -0.454 e. The van der Waals surface area contributed by atoms with Crippen molar-refractivity contribution < 1.29 is 23.8 Å². The van der Waals surface area contributed by atoms with E-state index in [-0.39, 0.29) is 11.7 Å². The Hall–Kier alpha value is -4.24. The van der Waals surface area contributed by atoms with Crippen LogP contribution < -0.4 is 11.1 Å². The van der Waals surface area contributed by atoms with Crippen molar-refractivity contribution >= 4 is 40.6 Å². The number of amides is 1. The van der Waals surface area contributed by atoms with E-state index in [0.29, 0.717) is 46.5 Å². The summed E-state index contributed by atoms with van der Waals surface area (Å²) in [5, 5.41) is 3.84. The number of fused-ring (bicyclic) bond motifs is 1. The summed E-state index contributed by atoms with van der Waals surface area (Å²) in [5.74, 6) is 1.97. The fraction of sp³-hybridized carbons (Fsp3) is 0.320. The van der Waals surface area contributed by atoms with E-state index in [0.717, 1.165) is 5.56 Å². The average molecular weight is 523 g/mol. The summed E-state index contributed by atoms with van der Waals surface area (Å²) in [6.45, 7) is 5.13. The van der Waals surface area contributed by atoms with Crippen molar-refractivity contribution in [3.05, 3.63) is 53.1 Å². The molecule has 1 amide bonds. The average Bonchev–Trinajstić information content (AvgIpc) is 3.46. The molecule has 0 spiro atoms. The quantitative estimate of drug-likeness (QED) is 0.245. The molecule has 0 radical (unpaired) electrons. The van der Waals surface area contributed by atoms with Gasteiger partial charge in [0.2, 0.25) is 5.09 Å². The van der Waals surface area contributed by atoms with E-state index in [9.17, 15) is 9.59 Å². The number of ether oxygens (including phenoxy) is 3.